The van der Waals surface area contributed by atoms with Gasteiger partial charge in [0, 0.05) is 6.54 Å². The summed E-state index contributed by atoms with van der Waals surface area (Å²) >= 11 is 6.27. The first kappa shape index (κ1) is 10.6. The van der Waals surface area contributed by atoms with Gasteiger partial charge in [0.25, 0.3) is 0 Å². The van der Waals surface area contributed by atoms with Crippen LogP contribution in [0, 0.1) is 0 Å². The fraction of sp³-hybridized carbons (Fsp3) is 0.455. The number of nitrogens with one attached hydrogen (secondary N) is 1. The molecule has 1 N–H and O–H groups in total. The van der Waals surface area contributed by atoms with E-state index in [0.717, 1.165) is 25.1 Å². The number of fused-ring (bicyclic) bond motifs is 1. The first-order chi connectivity index (χ1) is 7.27. The molecule has 0 fully saturated rings. The zero-order valence-electron chi connectivity index (χ0n) is 8.89. The van der Waals surface area contributed by atoms with Crippen LogP contribution in [0.2, 0.25) is 5.02 Å². The van der Waals surface area contributed by atoms with E-state index in [9.17, 15) is 0 Å². The molecule has 1 heterocycles. The van der Waals surface area contributed by atoms with Crippen LogP contribution in [0.1, 0.15) is 11.1 Å². The van der Waals surface area contributed by atoms with Gasteiger partial charge in [-0.2, -0.15) is 0 Å². The van der Waals surface area contributed by atoms with Gasteiger partial charge >= 0.3 is 0 Å². The molecule has 0 saturated carbocycles. The summed E-state index contributed by atoms with van der Waals surface area (Å²) < 4.78 is 10.5. The third-order valence-corrected chi connectivity index (χ3v) is 3.08. The molecule has 0 aromatic heterocycles. The predicted octanol–water partition coefficient (Wildman–Crippen LogP) is 2.00. The monoisotopic (exact) mass is 227 g/mol. The number of ether oxygens (including phenoxy) is 2. The molecule has 82 valence electrons. The van der Waals surface area contributed by atoms with E-state index in [0.29, 0.717) is 16.5 Å². The number of hydrogen-bond donors (Lipinski definition) is 1. The Morgan fingerprint density at radius 3 is 2.80 bits per heavy atom. The van der Waals surface area contributed by atoms with E-state index < -0.39 is 0 Å². The van der Waals surface area contributed by atoms with Crippen LogP contribution in [0.5, 0.6) is 11.5 Å². The van der Waals surface area contributed by atoms with Crippen molar-refractivity contribution in [1.82, 2.24) is 5.32 Å². The second-order valence-corrected chi connectivity index (χ2v) is 3.87. The third-order valence-electron chi connectivity index (χ3n) is 2.68. The molecule has 0 bridgehead atoms. The van der Waals surface area contributed by atoms with Gasteiger partial charge in [0.1, 0.15) is 0 Å². The average Bonchev–Trinajstić information content (AvgIpc) is 2.29. The number of rotatable bonds is 2. The maximum Gasteiger partial charge on any atom is 0.179 e. The zero-order valence-corrected chi connectivity index (χ0v) is 9.65. The van der Waals surface area contributed by atoms with Gasteiger partial charge in [-0.25, -0.2) is 0 Å². The molecule has 0 atom stereocenters. The van der Waals surface area contributed by atoms with E-state index in [1.165, 1.54) is 5.56 Å². The minimum Gasteiger partial charge on any atom is -0.493 e. The average molecular weight is 228 g/mol. The lowest BCUT2D eigenvalue weighted by molar-refractivity contribution is 0.353. The maximum atomic E-state index is 6.27. The lowest BCUT2D eigenvalue weighted by Gasteiger charge is -2.21. The van der Waals surface area contributed by atoms with Gasteiger partial charge in [-0.3, -0.25) is 0 Å². The minimum absolute atomic E-state index is 0.626. The highest BCUT2D eigenvalue weighted by Crippen LogP contribution is 2.40. The van der Waals surface area contributed by atoms with Gasteiger partial charge in [-0.1, -0.05) is 11.6 Å². The number of methoxy groups -OCH3 is 2. The van der Waals surface area contributed by atoms with Crippen molar-refractivity contribution in [2.24, 2.45) is 0 Å². The Balaban J connectivity index is 2.57. The lowest BCUT2D eigenvalue weighted by atomic mass is 10.00. The Morgan fingerprint density at radius 2 is 2.13 bits per heavy atom. The van der Waals surface area contributed by atoms with Crippen LogP contribution >= 0.6 is 11.6 Å². The summed E-state index contributed by atoms with van der Waals surface area (Å²) in [6, 6.07) is 2.01. The molecule has 0 aliphatic carbocycles. The quantitative estimate of drug-likeness (QED) is 0.839. The van der Waals surface area contributed by atoms with Crippen LogP contribution < -0.4 is 14.8 Å². The summed E-state index contributed by atoms with van der Waals surface area (Å²) in [7, 11) is 3.23. The van der Waals surface area contributed by atoms with Crippen LogP contribution in [0.15, 0.2) is 6.07 Å². The first-order valence-electron chi connectivity index (χ1n) is 4.91. The number of benzene rings is 1. The van der Waals surface area contributed by atoms with E-state index in [2.05, 4.69) is 5.32 Å². The zero-order chi connectivity index (χ0) is 10.8. The topological polar surface area (TPSA) is 30.5 Å². The van der Waals surface area contributed by atoms with Crippen LogP contribution in [0.3, 0.4) is 0 Å². The van der Waals surface area contributed by atoms with Gasteiger partial charge in [0.15, 0.2) is 11.5 Å². The highest BCUT2D eigenvalue weighted by atomic mass is 35.5. The molecular formula is C11H14ClNO2. The van der Waals surface area contributed by atoms with E-state index in [1.54, 1.807) is 14.2 Å². The Bertz CT molecular complexity index is 365. The normalized spacial score (nSPS) is 14.6. The second-order valence-electron chi connectivity index (χ2n) is 3.49. The Kier molecular flexibility index (Phi) is 3.03. The fourth-order valence-electron chi connectivity index (χ4n) is 1.89. The third kappa shape index (κ3) is 1.77. The summed E-state index contributed by atoms with van der Waals surface area (Å²) in [5.41, 5.74) is 2.37. The van der Waals surface area contributed by atoms with E-state index in [4.69, 9.17) is 21.1 Å². The smallest absolute Gasteiger partial charge is 0.179 e. The van der Waals surface area contributed by atoms with Gasteiger partial charge in [-0.05, 0) is 30.2 Å². The summed E-state index contributed by atoms with van der Waals surface area (Å²) in [5.74, 6) is 1.34. The van der Waals surface area contributed by atoms with Crippen molar-refractivity contribution in [1.29, 1.82) is 0 Å². The summed E-state index contributed by atoms with van der Waals surface area (Å²) in [4.78, 5) is 0. The predicted molar refractivity (Wildman–Crippen MR) is 60.0 cm³/mol. The van der Waals surface area contributed by atoms with Crippen LogP contribution in [0.25, 0.3) is 0 Å². The standard InChI is InChI=1S/C11H14ClNO2/c1-14-9-5-7-3-4-13-6-8(7)10(12)11(9)15-2/h5,13H,3-4,6H2,1-2H3. The molecule has 0 radical (unpaired) electrons. The summed E-state index contributed by atoms with van der Waals surface area (Å²) in [5, 5.41) is 3.96. The largest absolute Gasteiger partial charge is 0.493 e. The van der Waals surface area contributed by atoms with Crippen molar-refractivity contribution in [3.63, 3.8) is 0 Å². The van der Waals surface area contributed by atoms with Crippen LogP contribution in [-0.4, -0.2) is 20.8 Å². The van der Waals surface area contributed by atoms with Gasteiger partial charge < -0.3 is 14.8 Å². The molecule has 0 amide bonds. The van der Waals surface area contributed by atoms with Crippen molar-refractivity contribution >= 4 is 11.6 Å². The lowest BCUT2D eigenvalue weighted by Crippen LogP contribution is -2.24. The Labute approximate surface area is 94.3 Å². The minimum atomic E-state index is 0.626. The molecule has 1 aliphatic heterocycles. The van der Waals surface area contributed by atoms with E-state index in [1.807, 2.05) is 6.07 Å². The molecule has 1 aromatic rings. The number of halogens is 1. The van der Waals surface area contributed by atoms with Crippen molar-refractivity contribution in [2.75, 3.05) is 20.8 Å². The van der Waals surface area contributed by atoms with Crippen molar-refractivity contribution in [3.05, 3.63) is 22.2 Å². The molecule has 1 aromatic carbocycles. The first-order valence-corrected chi connectivity index (χ1v) is 5.28. The van der Waals surface area contributed by atoms with E-state index >= 15 is 0 Å². The summed E-state index contributed by atoms with van der Waals surface area (Å²) in [6.07, 6.45) is 0.982. The molecule has 0 spiro atoms. The van der Waals surface area contributed by atoms with Crippen molar-refractivity contribution < 1.29 is 9.47 Å². The molecule has 4 heteroatoms. The highest BCUT2D eigenvalue weighted by Gasteiger charge is 2.19. The molecule has 1 aliphatic rings. The maximum absolute atomic E-state index is 6.27. The van der Waals surface area contributed by atoms with Gasteiger partial charge in [-0.15, -0.1) is 0 Å². The SMILES string of the molecule is COc1cc2c(c(Cl)c1OC)CNCC2. The Hall–Kier alpha value is -0.930. The summed E-state index contributed by atoms with van der Waals surface area (Å²) in [6.45, 7) is 1.79. The van der Waals surface area contributed by atoms with Crippen molar-refractivity contribution in [2.45, 2.75) is 13.0 Å². The molecule has 15 heavy (non-hydrogen) atoms. The van der Waals surface area contributed by atoms with Crippen LogP contribution in [-0.2, 0) is 13.0 Å². The molecular weight excluding hydrogens is 214 g/mol. The molecule has 2 rings (SSSR count). The van der Waals surface area contributed by atoms with Gasteiger partial charge in [0.05, 0.1) is 19.2 Å². The highest BCUT2D eigenvalue weighted by molar-refractivity contribution is 6.33. The molecule has 0 saturated heterocycles. The fourth-order valence-corrected chi connectivity index (χ4v) is 2.25. The second kappa shape index (κ2) is 4.29. The molecule has 3 nitrogen and oxygen atoms in total. The van der Waals surface area contributed by atoms with E-state index in [-0.39, 0.29) is 0 Å². The van der Waals surface area contributed by atoms with Crippen molar-refractivity contribution in [3.8, 4) is 11.5 Å². The molecule has 0 unspecified atom stereocenters. The van der Waals surface area contributed by atoms with Gasteiger partial charge in [0.2, 0.25) is 0 Å². The Morgan fingerprint density at radius 1 is 1.33 bits per heavy atom. The van der Waals surface area contributed by atoms with Crippen LogP contribution in [0.4, 0.5) is 0 Å². The number of hydrogen-bond acceptors (Lipinski definition) is 3.